The quantitative estimate of drug-likeness (QED) is 0.725. The topological polar surface area (TPSA) is 25.8 Å². The fraction of sp³-hybridized carbons (Fsp3) is 0. The van der Waals surface area contributed by atoms with Gasteiger partial charge in [-0.2, -0.15) is 5.10 Å². The normalized spacial score (nSPS) is 9.67. The van der Waals surface area contributed by atoms with Crippen LogP contribution in [0.4, 0.5) is 0 Å². The van der Waals surface area contributed by atoms with Crippen LogP contribution in [0.15, 0.2) is 15.1 Å². The molecule has 0 atom stereocenters. The summed E-state index contributed by atoms with van der Waals surface area (Å²) >= 11 is 12.0. The summed E-state index contributed by atoms with van der Waals surface area (Å²) in [4.78, 5) is 0. The molecule has 0 radical (unpaired) electrons. The first-order valence-electron chi connectivity index (χ1n) is 2.04. The van der Waals surface area contributed by atoms with E-state index in [1.54, 1.807) is 6.20 Å². The molecule has 5 heteroatoms. The molecule has 1 aromatic heterocycles. The van der Waals surface area contributed by atoms with E-state index in [0.29, 0.717) is 5.15 Å². The largest absolute Gasteiger partial charge is 0.166 e. The van der Waals surface area contributed by atoms with E-state index in [9.17, 15) is 0 Å². The third-order valence-corrected chi connectivity index (χ3v) is 3.14. The lowest BCUT2D eigenvalue weighted by Crippen LogP contribution is -1.81. The van der Waals surface area contributed by atoms with Crippen LogP contribution in [0.2, 0.25) is 5.15 Å². The number of hydrogen-bond donors (Lipinski definition) is 0. The SMILES string of the molecule is Clc1nncc(Br)c1Br. The predicted molar refractivity (Wildman–Crippen MR) is 42.4 cm³/mol. The first-order chi connectivity index (χ1) is 4.22. The molecule has 0 amide bonds. The summed E-state index contributed by atoms with van der Waals surface area (Å²) in [6.45, 7) is 0. The lowest BCUT2D eigenvalue weighted by atomic mass is 10.6. The molecule has 0 aliphatic rings. The minimum Gasteiger partial charge on any atom is -0.156 e. The van der Waals surface area contributed by atoms with Gasteiger partial charge in [-0.1, -0.05) is 11.6 Å². The third-order valence-electron chi connectivity index (χ3n) is 0.707. The highest BCUT2D eigenvalue weighted by Crippen LogP contribution is 2.26. The molecule has 0 aromatic carbocycles. The van der Waals surface area contributed by atoms with Crippen molar-refractivity contribution < 1.29 is 0 Å². The molecular weight excluding hydrogens is 271 g/mol. The smallest absolute Gasteiger partial charge is 0.156 e. The summed E-state index contributed by atoms with van der Waals surface area (Å²) in [5.41, 5.74) is 0. The van der Waals surface area contributed by atoms with Gasteiger partial charge in [0.1, 0.15) is 0 Å². The van der Waals surface area contributed by atoms with Gasteiger partial charge in [0.05, 0.1) is 15.1 Å². The summed E-state index contributed by atoms with van der Waals surface area (Å²) in [6.07, 6.45) is 1.57. The van der Waals surface area contributed by atoms with E-state index in [4.69, 9.17) is 11.6 Å². The molecule has 1 heterocycles. The summed E-state index contributed by atoms with van der Waals surface area (Å²) in [5, 5.41) is 7.53. The molecule has 1 aromatic rings. The molecule has 0 saturated heterocycles. The molecular formula is C4HBr2ClN2. The first kappa shape index (κ1) is 7.44. The summed E-state index contributed by atoms with van der Waals surface area (Å²) in [7, 11) is 0. The van der Waals surface area contributed by atoms with Gasteiger partial charge in [-0.15, -0.1) is 5.10 Å². The van der Waals surface area contributed by atoms with E-state index in [1.165, 1.54) is 0 Å². The van der Waals surface area contributed by atoms with Crippen LogP contribution in [0.1, 0.15) is 0 Å². The molecule has 0 aliphatic carbocycles. The minimum atomic E-state index is 0.365. The van der Waals surface area contributed by atoms with Gasteiger partial charge in [0, 0.05) is 0 Å². The van der Waals surface area contributed by atoms with Crippen molar-refractivity contribution >= 4 is 43.5 Å². The Morgan fingerprint density at radius 3 is 2.56 bits per heavy atom. The first-order valence-corrected chi connectivity index (χ1v) is 4.00. The van der Waals surface area contributed by atoms with Crippen LogP contribution in [0, 0.1) is 0 Å². The molecule has 0 saturated carbocycles. The van der Waals surface area contributed by atoms with E-state index < -0.39 is 0 Å². The maximum Gasteiger partial charge on any atom is 0.166 e. The summed E-state index contributed by atoms with van der Waals surface area (Å²) in [6, 6.07) is 0. The van der Waals surface area contributed by atoms with Crippen LogP contribution < -0.4 is 0 Å². The Kier molecular flexibility index (Phi) is 2.43. The van der Waals surface area contributed by atoms with Gasteiger partial charge in [-0.3, -0.25) is 0 Å². The second-order valence-corrected chi connectivity index (χ2v) is 3.30. The predicted octanol–water partition coefficient (Wildman–Crippen LogP) is 2.66. The zero-order valence-electron chi connectivity index (χ0n) is 4.11. The van der Waals surface area contributed by atoms with E-state index in [2.05, 4.69) is 42.1 Å². The second kappa shape index (κ2) is 2.94. The fourth-order valence-corrected chi connectivity index (χ4v) is 1.05. The Labute approximate surface area is 73.9 Å². The van der Waals surface area contributed by atoms with Crippen LogP contribution in [-0.4, -0.2) is 10.2 Å². The van der Waals surface area contributed by atoms with Gasteiger partial charge in [0.25, 0.3) is 0 Å². The van der Waals surface area contributed by atoms with Crippen molar-refractivity contribution in [3.63, 3.8) is 0 Å². The third kappa shape index (κ3) is 1.63. The second-order valence-electron chi connectivity index (χ2n) is 1.30. The van der Waals surface area contributed by atoms with Gasteiger partial charge in [0.2, 0.25) is 0 Å². The zero-order chi connectivity index (χ0) is 6.85. The van der Waals surface area contributed by atoms with Gasteiger partial charge >= 0.3 is 0 Å². The Morgan fingerprint density at radius 1 is 1.44 bits per heavy atom. The maximum absolute atomic E-state index is 5.56. The number of hydrogen-bond acceptors (Lipinski definition) is 2. The van der Waals surface area contributed by atoms with Gasteiger partial charge < -0.3 is 0 Å². The van der Waals surface area contributed by atoms with Gasteiger partial charge in [-0.25, -0.2) is 0 Å². The molecule has 0 aliphatic heterocycles. The maximum atomic E-state index is 5.56. The number of rotatable bonds is 0. The highest BCUT2D eigenvalue weighted by Gasteiger charge is 2.00. The lowest BCUT2D eigenvalue weighted by Gasteiger charge is -1.92. The number of aromatic nitrogens is 2. The highest BCUT2D eigenvalue weighted by molar-refractivity contribution is 9.13. The van der Waals surface area contributed by atoms with E-state index >= 15 is 0 Å². The molecule has 0 unspecified atom stereocenters. The molecule has 2 nitrogen and oxygen atoms in total. The van der Waals surface area contributed by atoms with Crippen LogP contribution >= 0.6 is 43.5 Å². The summed E-state index contributed by atoms with van der Waals surface area (Å²) < 4.78 is 1.54. The van der Waals surface area contributed by atoms with Crippen molar-refractivity contribution in [1.82, 2.24) is 10.2 Å². The molecule has 0 fully saturated rings. The molecule has 0 bridgehead atoms. The van der Waals surface area contributed by atoms with Crippen molar-refractivity contribution in [3.05, 3.63) is 20.3 Å². The lowest BCUT2D eigenvalue weighted by molar-refractivity contribution is 1.01. The standard InChI is InChI=1S/C4HBr2ClN2/c5-2-1-8-9-4(7)3(2)6/h1H. The molecule has 0 spiro atoms. The molecule has 1 rings (SSSR count). The molecule has 9 heavy (non-hydrogen) atoms. The molecule has 48 valence electrons. The van der Waals surface area contributed by atoms with Crippen LogP contribution in [0.3, 0.4) is 0 Å². The van der Waals surface area contributed by atoms with E-state index in [-0.39, 0.29) is 0 Å². The van der Waals surface area contributed by atoms with Crippen molar-refractivity contribution in [2.45, 2.75) is 0 Å². The van der Waals surface area contributed by atoms with Crippen LogP contribution in [0.25, 0.3) is 0 Å². The Bertz CT molecular complexity index is 208. The van der Waals surface area contributed by atoms with Crippen molar-refractivity contribution in [2.24, 2.45) is 0 Å². The average molecular weight is 272 g/mol. The van der Waals surface area contributed by atoms with Crippen LogP contribution in [-0.2, 0) is 0 Å². The van der Waals surface area contributed by atoms with Crippen molar-refractivity contribution in [2.75, 3.05) is 0 Å². The average Bonchev–Trinajstić information content (AvgIpc) is 1.83. The van der Waals surface area contributed by atoms with Gasteiger partial charge in [0.15, 0.2) is 5.15 Å². The summed E-state index contributed by atoms with van der Waals surface area (Å²) in [5.74, 6) is 0. The van der Waals surface area contributed by atoms with Crippen LogP contribution in [0.5, 0.6) is 0 Å². The fourth-order valence-electron chi connectivity index (χ4n) is 0.329. The zero-order valence-corrected chi connectivity index (χ0v) is 8.03. The van der Waals surface area contributed by atoms with E-state index in [1.807, 2.05) is 0 Å². The van der Waals surface area contributed by atoms with Crippen molar-refractivity contribution in [1.29, 1.82) is 0 Å². The van der Waals surface area contributed by atoms with E-state index in [0.717, 1.165) is 8.95 Å². The molecule has 0 N–H and O–H groups in total. The number of nitrogens with zero attached hydrogens (tertiary/aromatic N) is 2. The Hall–Kier alpha value is 0.330. The highest BCUT2D eigenvalue weighted by atomic mass is 79.9. The monoisotopic (exact) mass is 270 g/mol. The van der Waals surface area contributed by atoms with Crippen molar-refractivity contribution in [3.8, 4) is 0 Å². The Balaban J connectivity index is 3.25. The Morgan fingerprint density at radius 2 is 2.11 bits per heavy atom. The van der Waals surface area contributed by atoms with Gasteiger partial charge in [-0.05, 0) is 31.9 Å². The number of halogens is 3. The minimum absolute atomic E-state index is 0.365.